The zero-order valence-corrected chi connectivity index (χ0v) is 26.8. The molecule has 4 aromatic rings. The fourth-order valence-corrected chi connectivity index (χ4v) is 5.40. The largest absolute Gasteiger partial charge is 0.466 e. The number of hydrogen-bond acceptors (Lipinski definition) is 4. The molecule has 40 heavy (non-hydrogen) atoms. The van der Waals surface area contributed by atoms with Gasteiger partial charge in [-0.3, -0.25) is 0 Å². The molecule has 0 aliphatic heterocycles. The summed E-state index contributed by atoms with van der Waals surface area (Å²) in [4.78, 5) is 0. The molecule has 0 aliphatic rings. The van der Waals surface area contributed by atoms with E-state index in [1.54, 1.807) is 14.2 Å². The van der Waals surface area contributed by atoms with Crippen LogP contribution in [0.2, 0.25) is 39.3 Å². The van der Waals surface area contributed by atoms with Crippen molar-refractivity contribution in [1.82, 2.24) is 0 Å². The van der Waals surface area contributed by atoms with Crippen LogP contribution in [-0.2, 0) is 9.47 Å². The standard InChI is InChI=1S/C34H38O4Si2/c1-35-23-37-33-27(17-19-39(3,4)5)21-25-13-9-11-15-29(25)31(33)32-30-16-12-10-14-26(30)22-28(18-20-40(6,7)8)34(32)38-24-36-2/h9-16,21-22H,23-24H2,1-8H3. The Bertz CT molecular complexity index is 1530. The Kier molecular flexibility index (Phi) is 9.08. The topological polar surface area (TPSA) is 36.9 Å². The van der Waals surface area contributed by atoms with Crippen LogP contribution in [0.3, 0.4) is 0 Å². The van der Waals surface area contributed by atoms with E-state index in [-0.39, 0.29) is 13.6 Å². The van der Waals surface area contributed by atoms with Crippen LogP contribution in [0.25, 0.3) is 32.7 Å². The maximum atomic E-state index is 6.38. The predicted molar refractivity (Wildman–Crippen MR) is 172 cm³/mol. The Labute approximate surface area is 240 Å². The van der Waals surface area contributed by atoms with Crippen molar-refractivity contribution in [2.75, 3.05) is 27.8 Å². The summed E-state index contributed by atoms with van der Waals surface area (Å²) in [5.74, 6) is 8.31. The zero-order valence-electron chi connectivity index (χ0n) is 24.8. The second-order valence-electron chi connectivity index (χ2n) is 11.8. The van der Waals surface area contributed by atoms with E-state index in [1.165, 1.54) is 0 Å². The minimum atomic E-state index is -1.67. The van der Waals surface area contributed by atoms with Crippen molar-refractivity contribution in [3.8, 4) is 45.6 Å². The van der Waals surface area contributed by atoms with Crippen molar-refractivity contribution < 1.29 is 18.9 Å². The van der Waals surface area contributed by atoms with Gasteiger partial charge in [0.25, 0.3) is 0 Å². The Hall–Kier alpha value is -3.53. The molecule has 0 fully saturated rings. The Morgan fingerprint density at radius 3 is 1.30 bits per heavy atom. The molecule has 0 atom stereocenters. The quantitative estimate of drug-likeness (QED) is 0.129. The molecule has 0 saturated heterocycles. The van der Waals surface area contributed by atoms with Crippen molar-refractivity contribution in [3.05, 3.63) is 71.8 Å². The van der Waals surface area contributed by atoms with Crippen molar-refractivity contribution in [1.29, 1.82) is 0 Å². The van der Waals surface area contributed by atoms with Crippen LogP contribution in [0, 0.1) is 22.9 Å². The van der Waals surface area contributed by atoms with E-state index in [0.29, 0.717) is 11.5 Å². The van der Waals surface area contributed by atoms with Gasteiger partial charge in [-0.25, -0.2) is 0 Å². The third kappa shape index (κ3) is 6.96. The summed E-state index contributed by atoms with van der Waals surface area (Å²) in [5.41, 5.74) is 10.5. The fraction of sp³-hybridized carbons (Fsp3) is 0.294. The number of ether oxygens (including phenoxy) is 4. The highest BCUT2D eigenvalue weighted by Crippen LogP contribution is 2.48. The highest BCUT2D eigenvalue weighted by atomic mass is 28.3. The third-order valence-corrected chi connectivity index (χ3v) is 7.79. The molecule has 0 aromatic heterocycles. The summed E-state index contributed by atoms with van der Waals surface area (Å²) in [5, 5.41) is 4.22. The highest BCUT2D eigenvalue weighted by molar-refractivity contribution is 6.84. The van der Waals surface area contributed by atoms with Gasteiger partial charge in [0, 0.05) is 25.3 Å². The van der Waals surface area contributed by atoms with E-state index in [2.05, 4.69) is 98.6 Å². The normalized spacial score (nSPS) is 11.5. The maximum absolute atomic E-state index is 6.38. The van der Waals surface area contributed by atoms with Crippen molar-refractivity contribution in [2.24, 2.45) is 0 Å². The average molecular weight is 567 g/mol. The van der Waals surface area contributed by atoms with Crippen molar-refractivity contribution in [2.45, 2.75) is 39.3 Å². The molecule has 4 nitrogen and oxygen atoms in total. The lowest BCUT2D eigenvalue weighted by Crippen LogP contribution is -2.16. The predicted octanol–water partition coefficient (Wildman–Crippen LogP) is 8.08. The van der Waals surface area contributed by atoms with Crippen LogP contribution in [0.15, 0.2) is 60.7 Å². The first-order chi connectivity index (χ1) is 19.0. The van der Waals surface area contributed by atoms with Crippen LogP contribution in [0.5, 0.6) is 11.5 Å². The molecule has 0 heterocycles. The van der Waals surface area contributed by atoms with E-state index in [1.807, 2.05) is 24.3 Å². The first-order valence-electron chi connectivity index (χ1n) is 13.4. The van der Waals surface area contributed by atoms with Gasteiger partial charge in [0.2, 0.25) is 0 Å². The van der Waals surface area contributed by atoms with Gasteiger partial charge in [0.1, 0.15) is 27.6 Å². The van der Waals surface area contributed by atoms with Gasteiger partial charge in [-0.15, -0.1) is 11.1 Å². The number of methoxy groups -OCH3 is 2. The summed E-state index contributed by atoms with van der Waals surface area (Å²) < 4.78 is 23.6. The molecule has 206 valence electrons. The molecule has 0 amide bonds. The fourth-order valence-electron chi connectivity index (χ4n) is 4.38. The summed E-state index contributed by atoms with van der Waals surface area (Å²) in [6, 6.07) is 20.9. The summed E-state index contributed by atoms with van der Waals surface area (Å²) in [7, 11) is -0.0870. The van der Waals surface area contributed by atoms with E-state index < -0.39 is 16.1 Å². The molecule has 0 saturated carbocycles. The first kappa shape index (κ1) is 29.5. The molecule has 0 bridgehead atoms. The number of fused-ring (bicyclic) bond motifs is 2. The molecule has 6 heteroatoms. The van der Waals surface area contributed by atoms with Crippen LogP contribution in [0.4, 0.5) is 0 Å². The van der Waals surface area contributed by atoms with Gasteiger partial charge >= 0.3 is 0 Å². The maximum Gasteiger partial charge on any atom is 0.188 e. The van der Waals surface area contributed by atoms with Crippen LogP contribution in [0.1, 0.15) is 11.1 Å². The zero-order chi connectivity index (χ0) is 28.9. The second kappa shape index (κ2) is 12.3. The summed E-state index contributed by atoms with van der Waals surface area (Å²) in [6.45, 7) is 13.6. The van der Waals surface area contributed by atoms with E-state index >= 15 is 0 Å². The number of benzene rings is 4. The Morgan fingerprint density at radius 2 is 0.950 bits per heavy atom. The van der Waals surface area contributed by atoms with Gasteiger partial charge in [-0.05, 0) is 33.7 Å². The highest BCUT2D eigenvalue weighted by Gasteiger charge is 2.24. The second-order valence-corrected chi connectivity index (χ2v) is 21.3. The Balaban J connectivity index is 2.23. The Morgan fingerprint density at radius 1 is 0.575 bits per heavy atom. The van der Waals surface area contributed by atoms with E-state index in [9.17, 15) is 0 Å². The van der Waals surface area contributed by atoms with Gasteiger partial charge in [-0.2, -0.15) is 0 Å². The van der Waals surface area contributed by atoms with Crippen molar-refractivity contribution >= 4 is 37.7 Å². The monoisotopic (exact) mass is 566 g/mol. The SMILES string of the molecule is COCOc1c(C#C[Si](C)(C)C)cc2ccccc2c1-c1c(OCOC)c(C#C[Si](C)(C)C)cc2ccccc12. The van der Waals surface area contributed by atoms with E-state index in [0.717, 1.165) is 43.8 Å². The van der Waals surface area contributed by atoms with Crippen LogP contribution >= 0.6 is 0 Å². The number of hydrogen-bond donors (Lipinski definition) is 0. The first-order valence-corrected chi connectivity index (χ1v) is 20.4. The van der Waals surface area contributed by atoms with Gasteiger partial charge in [-0.1, -0.05) is 99.7 Å². The van der Waals surface area contributed by atoms with Gasteiger partial charge < -0.3 is 18.9 Å². The number of rotatable bonds is 7. The van der Waals surface area contributed by atoms with Gasteiger partial charge in [0.05, 0.1) is 11.1 Å². The molecule has 4 aromatic carbocycles. The molecular weight excluding hydrogens is 529 g/mol. The minimum absolute atomic E-state index is 0.0915. The molecule has 0 radical (unpaired) electrons. The van der Waals surface area contributed by atoms with E-state index in [4.69, 9.17) is 18.9 Å². The summed E-state index contributed by atoms with van der Waals surface area (Å²) in [6.07, 6.45) is 0. The summed E-state index contributed by atoms with van der Waals surface area (Å²) >= 11 is 0. The van der Waals surface area contributed by atoms with Crippen LogP contribution in [-0.4, -0.2) is 44.0 Å². The molecule has 0 N–H and O–H groups in total. The molecule has 4 rings (SSSR count). The lowest BCUT2D eigenvalue weighted by Gasteiger charge is -2.22. The molecule has 0 unspecified atom stereocenters. The van der Waals surface area contributed by atoms with Crippen molar-refractivity contribution in [3.63, 3.8) is 0 Å². The lowest BCUT2D eigenvalue weighted by atomic mass is 9.89. The van der Waals surface area contributed by atoms with Crippen LogP contribution < -0.4 is 9.47 Å². The smallest absolute Gasteiger partial charge is 0.188 e. The lowest BCUT2D eigenvalue weighted by molar-refractivity contribution is 0.0500. The molecule has 0 aliphatic carbocycles. The molecular formula is C34H38O4Si2. The third-order valence-electron chi connectivity index (χ3n) is 6.04. The average Bonchev–Trinajstić information content (AvgIpc) is 2.91. The molecule has 0 spiro atoms. The minimum Gasteiger partial charge on any atom is -0.466 e. The van der Waals surface area contributed by atoms with Gasteiger partial charge in [0.15, 0.2) is 13.6 Å².